The van der Waals surface area contributed by atoms with Crippen molar-refractivity contribution in [2.24, 2.45) is 0 Å². The maximum absolute atomic E-state index is 4.66. The van der Waals surface area contributed by atoms with E-state index < -0.39 is 0 Å². The first kappa shape index (κ1) is 4.02. The lowest BCUT2D eigenvalue weighted by atomic mass is 11.2. The van der Waals surface area contributed by atoms with Crippen molar-refractivity contribution in [2.75, 3.05) is 0 Å². The van der Waals surface area contributed by atoms with Gasteiger partial charge in [0.15, 0.2) is 0 Å². The average Bonchev–Trinajstić information content (AvgIpc) is 1.86. The monoisotopic (exact) mass is 102 g/mol. The van der Waals surface area contributed by atoms with Crippen LogP contribution >= 0.6 is 11.9 Å². The minimum absolute atomic E-state index is 1.42. The Morgan fingerprint density at radius 3 is 2.83 bits per heavy atom. The number of hydrogen-bond acceptors (Lipinski definition) is 3. The van der Waals surface area contributed by atoms with Crippen LogP contribution in [0.2, 0.25) is 0 Å². The van der Waals surface area contributed by atoms with Crippen LogP contribution in [0.3, 0.4) is 0 Å². The molecule has 0 N–H and O–H groups in total. The summed E-state index contributed by atoms with van der Waals surface area (Å²) in [7, 11) is 3.45. The molecule has 0 unspecified atom stereocenters. The zero-order valence-electron chi connectivity index (χ0n) is 3.13. The Balaban J connectivity index is 2.32. The molecule has 1 aliphatic rings. The van der Waals surface area contributed by atoms with Gasteiger partial charge in [0.1, 0.15) is 6.26 Å². The van der Waals surface area contributed by atoms with Gasteiger partial charge in [-0.1, -0.05) is 4.47 Å². The summed E-state index contributed by atoms with van der Waals surface area (Å²) in [5, 5.41) is 1.81. The van der Waals surface area contributed by atoms with E-state index in [4.69, 9.17) is 0 Å². The van der Waals surface area contributed by atoms with Gasteiger partial charge in [0.2, 0.25) is 0 Å². The SMILES string of the molecule is [CH2]N1OC=CS1. The van der Waals surface area contributed by atoms with Crippen molar-refractivity contribution in [2.45, 2.75) is 0 Å². The van der Waals surface area contributed by atoms with E-state index in [-0.39, 0.29) is 0 Å². The molecule has 0 aromatic carbocycles. The molecule has 1 heterocycles. The molecule has 0 aromatic rings. The molecule has 0 spiro atoms. The van der Waals surface area contributed by atoms with Gasteiger partial charge in [-0.2, -0.15) is 0 Å². The predicted molar refractivity (Wildman–Crippen MR) is 25.0 cm³/mol. The fraction of sp³-hybridized carbons (Fsp3) is 0. The molecule has 0 aliphatic carbocycles. The highest BCUT2D eigenvalue weighted by Gasteiger charge is 1.97. The van der Waals surface area contributed by atoms with E-state index in [0.717, 1.165) is 0 Å². The second kappa shape index (κ2) is 1.53. The predicted octanol–water partition coefficient (Wildman–Crippen LogP) is 1.14. The largest absolute Gasteiger partial charge is 0.402 e. The summed E-state index contributed by atoms with van der Waals surface area (Å²) in [4.78, 5) is 4.66. The van der Waals surface area contributed by atoms with Gasteiger partial charge in [0, 0.05) is 5.41 Å². The number of hydroxylamine groups is 1. The zero-order valence-corrected chi connectivity index (χ0v) is 3.94. The average molecular weight is 102 g/mol. The molecule has 0 bridgehead atoms. The molecule has 0 amide bonds. The highest BCUT2D eigenvalue weighted by molar-refractivity contribution is 7.99. The van der Waals surface area contributed by atoms with Crippen LogP contribution in [0.5, 0.6) is 0 Å². The third kappa shape index (κ3) is 0.666. The fourth-order valence-electron chi connectivity index (χ4n) is 0.210. The molecule has 6 heavy (non-hydrogen) atoms. The molecular weight excluding hydrogens is 98.1 g/mol. The van der Waals surface area contributed by atoms with Gasteiger partial charge in [0.25, 0.3) is 0 Å². The van der Waals surface area contributed by atoms with Gasteiger partial charge in [-0.05, 0) is 11.9 Å². The second-order valence-electron chi connectivity index (χ2n) is 0.816. The Morgan fingerprint density at radius 2 is 2.67 bits per heavy atom. The number of hydrogen-bond donors (Lipinski definition) is 0. The first-order chi connectivity index (χ1) is 2.89. The minimum atomic E-state index is 1.42. The third-order valence-electron chi connectivity index (χ3n) is 0.412. The fourth-order valence-corrected chi connectivity index (χ4v) is 0.545. The van der Waals surface area contributed by atoms with E-state index in [1.807, 2.05) is 5.41 Å². The lowest BCUT2D eigenvalue weighted by Crippen LogP contribution is -1.94. The summed E-state index contributed by atoms with van der Waals surface area (Å²) < 4.78 is 1.42. The van der Waals surface area contributed by atoms with Gasteiger partial charge in [-0.25, -0.2) is 0 Å². The Hall–Kier alpha value is -0.150. The van der Waals surface area contributed by atoms with Crippen molar-refractivity contribution in [3.05, 3.63) is 18.7 Å². The third-order valence-corrected chi connectivity index (χ3v) is 0.966. The van der Waals surface area contributed by atoms with E-state index >= 15 is 0 Å². The number of rotatable bonds is 0. The van der Waals surface area contributed by atoms with Crippen LogP contribution in [0.25, 0.3) is 0 Å². The lowest BCUT2D eigenvalue weighted by Gasteiger charge is -2.00. The van der Waals surface area contributed by atoms with Gasteiger partial charge in [-0.3, -0.25) is 0 Å². The molecule has 1 radical (unpaired) electrons. The molecule has 0 atom stereocenters. The molecule has 1 rings (SSSR count). The Kier molecular flexibility index (Phi) is 1.03. The molecular formula is C3H4NOS. The lowest BCUT2D eigenvalue weighted by molar-refractivity contribution is 0.0495. The maximum atomic E-state index is 4.66. The van der Waals surface area contributed by atoms with Gasteiger partial charge in [0.05, 0.1) is 7.05 Å². The smallest absolute Gasteiger partial charge is 0.120 e. The normalized spacial score (nSPS) is 21.5. The van der Waals surface area contributed by atoms with E-state index in [2.05, 4.69) is 11.9 Å². The topological polar surface area (TPSA) is 12.5 Å². The van der Waals surface area contributed by atoms with Crippen LogP contribution in [0.4, 0.5) is 0 Å². The van der Waals surface area contributed by atoms with Crippen LogP contribution in [0.15, 0.2) is 11.7 Å². The summed E-state index contributed by atoms with van der Waals surface area (Å²) in [6.07, 6.45) is 1.58. The van der Waals surface area contributed by atoms with E-state index in [9.17, 15) is 0 Å². The maximum Gasteiger partial charge on any atom is 0.120 e. The highest BCUT2D eigenvalue weighted by Crippen LogP contribution is 2.16. The molecule has 0 saturated carbocycles. The first-order valence-corrected chi connectivity index (χ1v) is 2.32. The minimum Gasteiger partial charge on any atom is -0.402 e. The molecule has 2 nitrogen and oxygen atoms in total. The van der Waals surface area contributed by atoms with Crippen LogP contribution in [0.1, 0.15) is 0 Å². The molecule has 3 heteroatoms. The van der Waals surface area contributed by atoms with Crippen molar-refractivity contribution < 1.29 is 4.84 Å². The van der Waals surface area contributed by atoms with E-state index in [1.165, 1.54) is 16.4 Å². The molecule has 0 aromatic heterocycles. The second-order valence-corrected chi connectivity index (χ2v) is 1.71. The van der Waals surface area contributed by atoms with Gasteiger partial charge in [-0.15, -0.1) is 0 Å². The molecule has 33 valence electrons. The molecule has 0 saturated heterocycles. The summed E-state index contributed by atoms with van der Waals surface area (Å²) in [6.45, 7) is 0. The van der Waals surface area contributed by atoms with Crippen LogP contribution in [-0.2, 0) is 4.84 Å². The Labute approximate surface area is 40.9 Å². The van der Waals surface area contributed by atoms with Gasteiger partial charge >= 0.3 is 0 Å². The van der Waals surface area contributed by atoms with Crippen molar-refractivity contribution >= 4 is 11.9 Å². The van der Waals surface area contributed by atoms with Gasteiger partial charge < -0.3 is 4.84 Å². The quantitative estimate of drug-likeness (QED) is 0.425. The van der Waals surface area contributed by atoms with Crippen LogP contribution < -0.4 is 0 Å². The van der Waals surface area contributed by atoms with Crippen molar-refractivity contribution in [1.82, 2.24) is 4.47 Å². The van der Waals surface area contributed by atoms with Crippen LogP contribution in [0, 0.1) is 7.05 Å². The zero-order chi connectivity index (χ0) is 4.41. The first-order valence-electron chi connectivity index (χ1n) is 1.49. The standard InChI is InChI=1S/C3H4NOS/c1-4-5-2-3-6-4/h2-3H,1H2. The number of nitrogens with zero attached hydrogens (tertiary/aromatic N) is 1. The van der Waals surface area contributed by atoms with Crippen molar-refractivity contribution in [3.63, 3.8) is 0 Å². The molecule has 1 aliphatic heterocycles. The van der Waals surface area contributed by atoms with Crippen molar-refractivity contribution in [1.29, 1.82) is 0 Å². The summed E-state index contributed by atoms with van der Waals surface area (Å²) in [5.41, 5.74) is 0. The molecule has 0 fully saturated rings. The van der Waals surface area contributed by atoms with E-state index in [0.29, 0.717) is 0 Å². The highest BCUT2D eigenvalue weighted by atomic mass is 32.2. The van der Waals surface area contributed by atoms with Crippen molar-refractivity contribution in [3.8, 4) is 0 Å². The van der Waals surface area contributed by atoms with Crippen LogP contribution in [-0.4, -0.2) is 4.47 Å². The van der Waals surface area contributed by atoms with E-state index in [1.54, 1.807) is 6.26 Å². The Morgan fingerprint density at radius 1 is 1.83 bits per heavy atom. The Bertz CT molecular complexity index is 65.2. The summed E-state index contributed by atoms with van der Waals surface area (Å²) in [6, 6.07) is 0. The summed E-state index contributed by atoms with van der Waals surface area (Å²) in [5.74, 6) is 0. The summed E-state index contributed by atoms with van der Waals surface area (Å²) >= 11 is 1.42.